The Morgan fingerprint density at radius 1 is 1.12 bits per heavy atom. The molecule has 2 heterocycles. The van der Waals surface area contributed by atoms with Crippen LogP contribution in [0, 0.1) is 6.92 Å². The van der Waals surface area contributed by atoms with E-state index in [1.54, 1.807) is 12.3 Å². The van der Waals surface area contributed by atoms with Gasteiger partial charge < -0.3 is 4.74 Å². The van der Waals surface area contributed by atoms with Gasteiger partial charge in [0.1, 0.15) is 0 Å². The molecular formula is C26H27N3O3. The lowest BCUT2D eigenvalue weighted by molar-refractivity contribution is -0.134. The van der Waals surface area contributed by atoms with Gasteiger partial charge in [-0.05, 0) is 55.6 Å². The van der Waals surface area contributed by atoms with Crippen LogP contribution in [0.25, 0.3) is 11.8 Å². The van der Waals surface area contributed by atoms with Crippen LogP contribution in [0.4, 0.5) is 0 Å². The molecule has 1 aliphatic heterocycles. The summed E-state index contributed by atoms with van der Waals surface area (Å²) in [4.78, 5) is 26.7. The van der Waals surface area contributed by atoms with Crippen LogP contribution in [0.1, 0.15) is 46.1 Å². The van der Waals surface area contributed by atoms with Gasteiger partial charge in [-0.2, -0.15) is 5.10 Å². The molecule has 0 radical (unpaired) electrons. The maximum atomic E-state index is 13.1. The van der Waals surface area contributed by atoms with Crippen LogP contribution in [-0.4, -0.2) is 46.6 Å². The number of benzene rings is 2. The van der Waals surface area contributed by atoms with Gasteiger partial charge in [0.15, 0.2) is 5.78 Å². The number of hydrogen-bond acceptors (Lipinski definition) is 5. The molecule has 0 bridgehead atoms. The molecule has 1 fully saturated rings. The van der Waals surface area contributed by atoms with Crippen molar-refractivity contribution in [2.45, 2.75) is 25.8 Å². The third kappa shape index (κ3) is 4.70. The molecule has 0 saturated carbocycles. The highest BCUT2D eigenvalue weighted by atomic mass is 16.5. The first kappa shape index (κ1) is 21.7. The number of methoxy groups -OCH3 is 1. The van der Waals surface area contributed by atoms with Crippen LogP contribution in [0.3, 0.4) is 0 Å². The second-order valence-corrected chi connectivity index (χ2v) is 7.97. The summed E-state index contributed by atoms with van der Waals surface area (Å²) >= 11 is 0. The highest BCUT2D eigenvalue weighted by Crippen LogP contribution is 2.32. The average Bonchev–Trinajstić information content (AvgIpc) is 3.44. The molecule has 6 nitrogen and oxygen atoms in total. The van der Waals surface area contributed by atoms with Crippen molar-refractivity contribution < 1.29 is 14.3 Å². The van der Waals surface area contributed by atoms with Gasteiger partial charge in [0, 0.05) is 12.1 Å². The van der Waals surface area contributed by atoms with Crippen molar-refractivity contribution in [3.05, 3.63) is 89.3 Å². The molecule has 0 amide bonds. The monoisotopic (exact) mass is 429 g/mol. The third-order valence-electron chi connectivity index (χ3n) is 5.96. The van der Waals surface area contributed by atoms with Crippen molar-refractivity contribution in [1.29, 1.82) is 0 Å². The number of esters is 1. The number of Topliss-reactive ketones (excluding diaryl/α,β-unsaturated/α-hetero) is 1. The van der Waals surface area contributed by atoms with Gasteiger partial charge in [0.05, 0.1) is 36.8 Å². The lowest BCUT2D eigenvalue weighted by Crippen LogP contribution is -2.29. The Labute approximate surface area is 188 Å². The Balaban J connectivity index is 1.45. The second-order valence-electron chi connectivity index (χ2n) is 7.97. The van der Waals surface area contributed by atoms with E-state index in [-0.39, 0.29) is 17.8 Å². The summed E-state index contributed by atoms with van der Waals surface area (Å²) in [5, 5.41) is 4.44. The molecule has 0 unspecified atom stereocenters. The number of rotatable bonds is 7. The van der Waals surface area contributed by atoms with Gasteiger partial charge >= 0.3 is 5.97 Å². The smallest absolute Gasteiger partial charge is 0.330 e. The number of ether oxygens (including phenoxy) is 1. The summed E-state index contributed by atoms with van der Waals surface area (Å²) in [5.74, 6) is -0.283. The SMILES string of the molecule is COC(=O)C=Cc1ccc([C@@H]2CCCN2CC(=O)c2cnn(-c3ccccc3)c2C)cc1. The highest BCUT2D eigenvalue weighted by Gasteiger charge is 2.28. The second kappa shape index (κ2) is 9.75. The number of hydrogen-bond donors (Lipinski definition) is 0. The van der Waals surface area contributed by atoms with Crippen molar-refractivity contribution in [3.8, 4) is 5.69 Å². The quantitative estimate of drug-likeness (QED) is 0.317. The number of aromatic nitrogens is 2. The van der Waals surface area contributed by atoms with E-state index in [0.29, 0.717) is 12.1 Å². The first-order valence-corrected chi connectivity index (χ1v) is 10.8. The summed E-state index contributed by atoms with van der Waals surface area (Å²) in [6, 6.07) is 18.2. The van der Waals surface area contributed by atoms with E-state index >= 15 is 0 Å². The molecule has 0 spiro atoms. The van der Waals surface area contributed by atoms with Crippen molar-refractivity contribution >= 4 is 17.8 Å². The van der Waals surface area contributed by atoms with Crippen molar-refractivity contribution in [1.82, 2.24) is 14.7 Å². The Morgan fingerprint density at radius 3 is 2.59 bits per heavy atom. The molecule has 1 aliphatic rings. The fraction of sp³-hybridized carbons (Fsp3) is 0.269. The number of likely N-dealkylation sites (tertiary alicyclic amines) is 1. The fourth-order valence-electron chi connectivity index (χ4n) is 4.24. The Morgan fingerprint density at radius 2 is 1.88 bits per heavy atom. The van der Waals surface area contributed by atoms with E-state index in [0.717, 1.165) is 36.3 Å². The number of para-hydroxylation sites is 1. The predicted molar refractivity (Wildman–Crippen MR) is 124 cm³/mol. The molecule has 6 heteroatoms. The lowest BCUT2D eigenvalue weighted by Gasteiger charge is -2.24. The molecule has 1 saturated heterocycles. The van der Waals surface area contributed by atoms with Gasteiger partial charge in [-0.25, -0.2) is 9.48 Å². The number of carbonyl (C=O) groups is 2. The van der Waals surface area contributed by atoms with Crippen LogP contribution >= 0.6 is 0 Å². The minimum atomic E-state index is -0.375. The zero-order valence-electron chi connectivity index (χ0n) is 18.4. The van der Waals surface area contributed by atoms with E-state index in [1.807, 2.05) is 54.1 Å². The molecule has 0 N–H and O–H groups in total. The first-order chi connectivity index (χ1) is 15.6. The summed E-state index contributed by atoms with van der Waals surface area (Å²) < 4.78 is 6.44. The fourth-order valence-corrected chi connectivity index (χ4v) is 4.24. The highest BCUT2D eigenvalue weighted by molar-refractivity contribution is 5.98. The van der Waals surface area contributed by atoms with Crippen LogP contribution < -0.4 is 0 Å². The van der Waals surface area contributed by atoms with Crippen molar-refractivity contribution in [2.75, 3.05) is 20.2 Å². The largest absolute Gasteiger partial charge is 0.466 e. The average molecular weight is 430 g/mol. The number of nitrogens with zero attached hydrogens (tertiary/aromatic N) is 3. The predicted octanol–water partition coefficient (Wildman–Crippen LogP) is 4.39. The van der Waals surface area contributed by atoms with Crippen LogP contribution in [0.5, 0.6) is 0 Å². The van der Waals surface area contributed by atoms with Gasteiger partial charge in [-0.3, -0.25) is 9.69 Å². The molecule has 1 atom stereocenters. The molecule has 32 heavy (non-hydrogen) atoms. The zero-order valence-corrected chi connectivity index (χ0v) is 18.4. The number of ketones is 1. The molecule has 3 aromatic rings. The minimum absolute atomic E-state index is 0.0919. The zero-order chi connectivity index (χ0) is 22.5. The summed E-state index contributed by atoms with van der Waals surface area (Å²) in [6.07, 6.45) is 6.90. The van der Waals surface area contributed by atoms with E-state index in [9.17, 15) is 9.59 Å². The maximum Gasteiger partial charge on any atom is 0.330 e. The van der Waals surface area contributed by atoms with Crippen LogP contribution in [0.15, 0.2) is 66.9 Å². The van der Waals surface area contributed by atoms with Gasteiger partial charge in [0.2, 0.25) is 0 Å². The van der Waals surface area contributed by atoms with Crippen LogP contribution in [0.2, 0.25) is 0 Å². The minimum Gasteiger partial charge on any atom is -0.466 e. The van der Waals surface area contributed by atoms with Gasteiger partial charge in [-0.15, -0.1) is 0 Å². The standard InChI is InChI=1S/C26H27N3O3/c1-19-23(17-27-29(19)22-7-4-3-5-8-22)25(30)18-28-16-6-9-24(28)21-13-10-20(11-14-21)12-15-26(31)32-2/h3-5,7-8,10-15,17,24H,6,9,16,18H2,1-2H3/t24-/m0/s1. The molecular weight excluding hydrogens is 402 g/mol. The Hall–Kier alpha value is -3.51. The third-order valence-corrected chi connectivity index (χ3v) is 5.96. The Kier molecular flexibility index (Phi) is 6.61. The summed E-state index contributed by atoms with van der Waals surface area (Å²) in [7, 11) is 1.36. The van der Waals surface area contributed by atoms with E-state index in [1.165, 1.54) is 18.7 Å². The topological polar surface area (TPSA) is 64.4 Å². The number of carbonyl (C=O) groups excluding carboxylic acids is 2. The molecule has 0 aliphatic carbocycles. The molecule has 4 rings (SSSR count). The Bertz CT molecular complexity index is 1120. The lowest BCUT2D eigenvalue weighted by atomic mass is 10.0. The van der Waals surface area contributed by atoms with Gasteiger partial charge in [0.25, 0.3) is 0 Å². The first-order valence-electron chi connectivity index (χ1n) is 10.8. The molecule has 1 aromatic heterocycles. The van der Waals surface area contributed by atoms with Crippen molar-refractivity contribution in [2.24, 2.45) is 0 Å². The maximum absolute atomic E-state index is 13.1. The van der Waals surface area contributed by atoms with Crippen LogP contribution in [-0.2, 0) is 9.53 Å². The summed E-state index contributed by atoms with van der Waals surface area (Å²) in [5.41, 5.74) is 4.59. The molecule has 2 aromatic carbocycles. The molecule has 164 valence electrons. The normalized spacial score (nSPS) is 16.5. The van der Waals surface area contributed by atoms with E-state index < -0.39 is 0 Å². The van der Waals surface area contributed by atoms with E-state index in [2.05, 4.69) is 26.9 Å². The summed E-state index contributed by atoms with van der Waals surface area (Å²) in [6.45, 7) is 3.21. The van der Waals surface area contributed by atoms with E-state index in [4.69, 9.17) is 0 Å². The van der Waals surface area contributed by atoms with Crippen molar-refractivity contribution in [3.63, 3.8) is 0 Å². The van der Waals surface area contributed by atoms with Gasteiger partial charge in [-0.1, -0.05) is 42.5 Å².